The van der Waals surface area contributed by atoms with Gasteiger partial charge in [-0.15, -0.1) is 0 Å². The molecule has 10 heteroatoms. The predicted molar refractivity (Wildman–Crippen MR) is 17.3 cm³/mol. The summed E-state index contributed by atoms with van der Waals surface area (Å²) in [4.78, 5) is 0. The monoisotopic (exact) mass is 224 g/mol. The molecule has 10 heavy (non-hydrogen) atoms. The van der Waals surface area contributed by atoms with Crippen molar-refractivity contribution >= 4 is 78.2 Å². The molecule has 0 saturated heterocycles. The van der Waals surface area contributed by atoms with Crippen molar-refractivity contribution in [3.05, 3.63) is 0 Å². The molecule has 0 amide bonds. The first-order valence-electron chi connectivity index (χ1n) is 0. The molecule has 0 aromatic heterocycles. The van der Waals surface area contributed by atoms with E-state index < -0.39 is 0 Å². The normalized spacial score (nSPS) is 0. The first-order chi connectivity index (χ1) is 0. The number of rotatable bonds is 0. The second kappa shape index (κ2) is 262. The van der Waals surface area contributed by atoms with Crippen LogP contribution < -0.4 is 32.9 Å². The Bertz CT molecular complexity index is 13.6. The van der Waals surface area contributed by atoms with Crippen molar-refractivity contribution < 1.29 is 32.9 Å². The van der Waals surface area contributed by atoms with Crippen molar-refractivity contribution in [3.8, 4) is 0 Å². The molecular formula is AlCaF7Mg. The maximum Gasteiger partial charge on any atom is 3.00 e. The van der Waals surface area contributed by atoms with Gasteiger partial charge in [0.05, 0.1) is 0 Å². The Labute approximate surface area is 110 Å². The maximum absolute atomic E-state index is 0. The van der Waals surface area contributed by atoms with Gasteiger partial charge in [-0.05, 0) is 0 Å². The van der Waals surface area contributed by atoms with E-state index in [0.29, 0.717) is 0 Å². The molecule has 0 rings (SSSR count). The minimum Gasteiger partial charge on any atom is -1.00 e. The van der Waals surface area contributed by atoms with Crippen LogP contribution in [0.25, 0.3) is 0 Å². The number of hydrogen-bond acceptors (Lipinski definition) is 0. The molecule has 0 aromatic rings. The smallest absolute Gasteiger partial charge is 1.00 e. The molecule has 0 fully saturated rings. The minimum atomic E-state index is 0. The zero-order valence-electron chi connectivity index (χ0n) is 4.64. The quantitative estimate of drug-likeness (QED) is 0.283. The summed E-state index contributed by atoms with van der Waals surface area (Å²) in [6.07, 6.45) is 0. The van der Waals surface area contributed by atoms with E-state index in [-0.39, 0.29) is 111 Å². The zero-order chi connectivity index (χ0) is 0. The average molecular weight is 224 g/mol. The summed E-state index contributed by atoms with van der Waals surface area (Å²) in [7, 11) is 0. The minimum absolute atomic E-state index is 0. The average Bonchev–Trinajstić information content (AvgIpc) is 0. The van der Waals surface area contributed by atoms with Gasteiger partial charge in [-0.1, -0.05) is 0 Å². The maximum atomic E-state index is 0. The molecule has 56 valence electrons. The van der Waals surface area contributed by atoms with E-state index in [1.165, 1.54) is 0 Å². The number of hydrogen-bond donors (Lipinski definition) is 0. The van der Waals surface area contributed by atoms with Crippen molar-refractivity contribution in [2.45, 2.75) is 0 Å². The molecular weight excluding hydrogens is 224 g/mol. The van der Waals surface area contributed by atoms with Crippen molar-refractivity contribution in [2.75, 3.05) is 0 Å². The van der Waals surface area contributed by atoms with Gasteiger partial charge in [0.25, 0.3) is 0 Å². The first-order valence-corrected chi connectivity index (χ1v) is 0. The molecule has 0 nitrogen and oxygen atoms in total. The molecule has 0 heterocycles. The van der Waals surface area contributed by atoms with Crippen LogP contribution in [0.5, 0.6) is 0 Å². The third kappa shape index (κ3) is 194. The van der Waals surface area contributed by atoms with Crippen molar-refractivity contribution in [1.82, 2.24) is 0 Å². The Kier molecular flexibility index (Phi) is 9060. The van der Waals surface area contributed by atoms with Crippen LogP contribution in [0.4, 0.5) is 0 Å². The van der Waals surface area contributed by atoms with Crippen LogP contribution >= 0.6 is 0 Å². The van der Waals surface area contributed by atoms with E-state index in [1.54, 1.807) is 0 Å². The fourth-order valence-electron chi connectivity index (χ4n) is 0. The van der Waals surface area contributed by atoms with Crippen LogP contribution in [0, 0.1) is 0 Å². The van der Waals surface area contributed by atoms with E-state index in [4.69, 9.17) is 0 Å². The topological polar surface area (TPSA) is 0 Å². The standard InChI is InChI=1S/Al.Ca.7FH.Mg/h;;7*1H;/q+3;+2;;;;;;;;+2/p-7. The van der Waals surface area contributed by atoms with Gasteiger partial charge in [0.15, 0.2) is 0 Å². The van der Waals surface area contributed by atoms with E-state index in [9.17, 15) is 0 Å². The molecule has 0 atom stereocenters. The van der Waals surface area contributed by atoms with E-state index >= 15 is 0 Å². The Balaban J connectivity index is 0. The third-order valence-electron chi connectivity index (χ3n) is 0. The van der Waals surface area contributed by atoms with Gasteiger partial charge in [0.2, 0.25) is 0 Å². The molecule has 0 bridgehead atoms. The summed E-state index contributed by atoms with van der Waals surface area (Å²) in [6, 6.07) is 0. The van der Waals surface area contributed by atoms with Crippen LogP contribution in [0.1, 0.15) is 0 Å². The van der Waals surface area contributed by atoms with Crippen LogP contribution in [0.3, 0.4) is 0 Å². The Morgan fingerprint density at radius 2 is 0.400 bits per heavy atom. The Morgan fingerprint density at radius 1 is 0.400 bits per heavy atom. The molecule has 0 unspecified atom stereocenters. The number of halogens is 7. The van der Waals surface area contributed by atoms with Gasteiger partial charge >= 0.3 is 78.2 Å². The van der Waals surface area contributed by atoms with Gasteiger partial charge in [0.1, 0.15) is 0 Å². The predicted octanol–water partition coefficient (Wildman–Crippen LogP) is -22.1. The summed E-state index contributed by atoms with van der Waals surface area (Å²) < 4.78 is 0. The molecule has 0 N–H and O–H groups in total. The van der Waals surface area contributed by atoms with Crippen molar-refractivity contribution in [2.24, 2.45) is 0 Å². The van der Waals surface area contributed by atoms with Gasteiger partial charge in [0, 0.05) is 0 Å². The molecule has 0 aliphatic rings. The fourth-order valence-corrected chi connectivity index (χ4v) is 0. The SMILES string of the molecule is [Al+3].[Ca+2].[F-].[F-].[F-].[F-].[F-].[F-].[F-].[Mg+2]. The summed E-state index contributed by atoms with van der Waals surface area (Å²) in [5.41, 5.74) is 0. The van der Waals surface area contributed by atoms with Gasteiger partial charge in [-0.2, -0.15) is 0 Å². The largest absolute Gasteiger partial charge is 3.00 e. The zero-order valence-corrected chi connectivity index (χ0v) is 9.41. The summed E-state index contributed by atoms with van der Waals surface area (Å²) >= 11 is 0. The summed E-state index contributed by atoms with van der Waals surface area (Å²) in [5, 5.41) is 0. The van der Waals surface area contributed by atoms with Gasteiger partial charge < -0.3 is 32.9 Å². The summed E-state index contributed by atoms with van der Waals surface area (Å²) in [5.74, 6) is 0. The van der Waals surface area contributed by atoms with Crippen molar-refractivity contribution in [3.63, 3.8) is 0 Å². The first kappa shape index (κ1) is 346. The van der Waals surface area contributed by atoms with Gasteiger partial charge in [-0.25, -0.2) is 0 Å². The molecule has 0 aromatic carbocycles. The molecule has 0 radical (unpaired) electrons. The Morgan fingerprint density at radius 3 is 0.400 bits per heavy atom. The van der Waals surface area contributed by atoms with Gasteiger partial charge in [-0.3, -0.25) is 0 Å². The summed E-state index contributed by atoms with van der Waals surface area (Å²) in [6.45, 7) is 0. The molecule has 0 spiro atoms. The Hall–Kier alpha value is 2.07. The second-order valence-electron chi connectivity index (χ2n) is 0. The van der Waals surface area contributed by atoms with E-state index in [1.807, 2.05) is 0 Å². The second-order valence-corrected chi connectivity index (χ2v) is 0. The van der Waals surface area contributed by atoms with Crippen LogP contribution in [-0.4, -0.2) is 78.2 Å². The third-order valence-corrected chi connectivity index (χ3v) is 0. The fraction of sp³-hybridized carbons (Fsp3) is 0. The van der Waals surface area contributed by atoms with Crippen LogP contribution in [-0.2, 0) is 0 Å². The van der Waals surface area contributed by atoms with Crippen LogP contribution in [0.2, 0.25) is 0 Å². The van der Waals surface area contributed by atoms with Crippen LogP contribution in [0.15, 0.2) is 0 Å². The van der Waals surface area contributed by atoms with E-state index in [2.05, 4.69) is 0 Å². The molecule has 0 aliphatic heterocycles. The van der Waals surface area contributed by atoms with E-state index in [0.717, 1.165) is 0 Å². The molecule has 0 aliphatic carbocycles. The molecule has 0 saturated carbocycles. The van der Waals surface area contributed by atoms with Crippen molar-refractivity contribution in [1.29, 1.82) is 0 Å².